The van der Waals surface area contributed by atoms with Gasteiger partial charge in [0, 0.05) is 38.3 Å². The molecular formula is C23H30Cl2N4O3S. The quantitative estimate of drug-likeness (QED) is 0.521. The van der Waals surface area contributed by atoms with Crippen molar-refractivity contribution in [3.63, 3.8) is 0 Å². The molecule has 0 aliphatic carbocycles. The molecule has 180 valence electrons. The summed E-state index contributed by atoms with van der Waals surface area (Å²) in [7, 11) is -1.46. The van der Waals surface area contributed by atoms with Crippen molar-refractivity contribution in [1.29, 1.82) is 0 Å². The number of sulfonamides is 1. The minimum absolute atomic E-state index is 0.0378. The first-order valence-corrected chi connectivity index (χ1v) is 13.5. The standard InChI is InChI=1S/C23H30Cl2N4O3S/c1-27-13-15-28(16-14-27)12-4-11-26-23(30)18-7-9-20(10-8-18)29(33(2,31)32)17-19-5-3-6-21(24)22(19)25/h3,5-10H,4,11-17H2,1-2H3,(H,26,30). The van der Waals surface area contributed by atoms with E-state index in [1.165, 1.54) is 4.31 Å². The molecule has 2 aromatic carbocycles. The zero-order valence-corrected chi connectivity index (χ0v) is 21.3. The molecule has 1 amide bonds. The van der Waals surface area contributed by atoms with E-state index in [1.807, 2.05) is 0 Å². The summed E-state index contributed by atoms with van der Waals surface area (Å²) in [6, 6.07) is 11.6. The maximum Gasteiger partial charge on any atom is 0.251 e. The van der Waals surface area contributed by atoms with E-state index in [4.69, 9.17) is 23.2 Å². The maximum atomic E-state index is 12.5. The van der Waals surface area contributed by atoms with Crippen LogP contribution in [0.15, 0.2) is 42.5 Å². The lowest BCUT2D eigenvalue weighted by molar-refractivity contribution is 0.0949. The summed E-state index contributed by atoms with van der Waals surface area (Å²) < 4.78 is 26.1. The molecule has 3 rings (SSSR count). The largest absolute Gasteiger partial charge is 0.352 e. The molecule has 1 saturated heterocycles. The summed E-state index contributed by atoms with van der Waals surface area (Å²) in [5.74, 6) is -0.177. The highest BCUT2D eigenvalue weighted by Crippen LogP contribution is 2.29. The second-order valence-corrected chi connectivity index (χ2v) is 11.0. The van der Waals surface area contributed by atoms with Crippen LogP contribution in [0.5, 0.6) is 0 Å². The molecule has 0 aromatic heterocycles. The van der Waals surface area contributed by atoms with Crippen LogP contribution in [-0.4, -0.2) is 76.7 Å². The third-order valence-electron chi connectivity index (χ3n) is 5.70. The summed E-state index contributed by atoms with van der Waals surface area (Å²) in [6.45, 7) is 5.86. The first-order chi connectivity index (χ1) is 15.6. The molecular weight excluding hydrogens is 483 g/mol. The maximum absolute atomic E-state index is 12.5. The Labute approximate surface area is 206 Å². The number of halogens is 2. The number of piperazine rings is 1. The molecule has 0 unspecified atom stereocenters. The van der Waals surface area contributed by atoms with Gasteiger partial charge in [0.1, 0.15) is 0 Å². The summed E-state index contributed by atoms with van der Waals surface area (Å²) in [5, 5.41) is 3.62. The Bertz CT molecular complexity index is 1060. The molecule has 1 N–H and O–H groups in total. The van der Waals surface area contributed by atoms with E-state index in [0.29, 0.717) is 33.4 Å². The van der Waals surface area contributed by atoms with E-state index in [2.05, 4.69) is 22.2 Å². The highest BCUT2D eigenvalue weighted by molar-refractivity contribution is 7.92. The molecule has 1 heterocycles. The van der Waals surface area contributed by atoms with Crippen LogP contribution in [0.2, 0.25) is 10.0 Å². The molecule has 1 aliphatic heterocycles. The highest BCUT2D eigenvalue weighted by atomic mass is 35.5. The number of hydrogen-bond donors (Lipinski definition) is 1. The van der Waals surface area contributed by atoms with Crippen molar-refractivity contribution in [2.24, 2.45) is 0 Å². The number of nitrogens with zero attached hydrogens (tertiary/aromatic N) is 3. The van der Waals surface area contributed by atoms with Gasteiger partial charge in [0.25, 0.3) is 5.91 Å². The van der Waals surface area contributed by atoms with Crippen LogP contribution < -0.4 is 9.62 Å². The highest BCUT2D eigenvalue weighted by Gasteiger charge is 2.20. The molecule has 1 fully saturated rings. The van der Waals surface area contributed by atoms with Crippen molar-refractivity contribution in [1.82, 2.24) is 15.1 Å². The Morgan fingerprint density at radius 1 is 1.06 bits per heavy atom. The molecule has 33 heavy (non-hydrogen) atoms. The van der Waals surface area contributed by atoms with Gasteiger partial charge in [-0.25, -0.2) is 8.42 Å². The lowest BCUT2D eigenvalue weighted by Crippen LogP contribution is -2.45. The predicted molar refractivity (Wildman–Crippen MR) is 135 cm³/mol. The van der Waals surface area contributed by atoms with Crippen LogP contribution in [0.1, 0.15) is 22.3 Å². The number of carbonyl (C=O) groups excluding carboxylic acids is 1. The monoisotopic (exact) mass is 512 g/mol. The van der Waals surface area contributed by atoms with E-state index >= 15 is 0 Å². The molecule has 0 spiro atoms. The van der Waals surface area contributed by atoms with Gasteiger partial charge in [-0.3, -0.25) is 9.10 Å². The summed E-state index contributed by atoms with van der Waals surface area (Å²) in [4.78, 5) is 17.2. The van der Waals surface area contributed by atoms with Gasteiger partial charge >= 0.3 is 0 Å². The lowest BCUT2D eigenvalue weighted by atomic mass is 10.1. The molecule has 0 radical (unpaired) electrons. The van der Waals surface area contributed by atoms with Gasteiger partial charge in [0.15, 0.2) is 0 Å². The SMILES string of the molecule is CN1CCN(CCCNC(=O)c2ccc(N(Cc3cccc(Cl)c3Cl)S(C)(=O)=O)cc2)CC1. The van der Waals surface area contributed by atoms with Crippen LogP contribution >= 0.6 is 23.2 Å². The second-order valence-electron chi connectivity index (χ2n) is 8.28. The normalized spacial score (nSPS) is 15.4. The molecule has 7 nitrogen and oxygen atoms in total. The third-order valence-corrected chi connectivity index (χ3v) is 7.69. The van der Waals surface area contributed by atoms with Gasteiger partial charge in [-0.15, -0.1) is 0 Å². The number of benzene rings is 2. The number of carbonyl (C=O) groups is 1. The summed E-state index contributed by atoms with van der Waals surface area (Å²) >= 11 is 12.3. The van der Waals surface area contributed by atoms with Crippen molar-refractivity contribution >= 4 is 44.8 Å². The van der Waals surface area contributed by atoms with Gasteiger partial charge in [-0.05, 0) is 55.9 Å². The molecule has 2 aromatic rings. The van der Waals surface area contributed by atoms with Gasteiger partial charge in [-0.1, -0.05) is 35.3 Å². The molecule has 0 atom stereocenters. The number of nitrogens with one attached hydrogen (secondary N) is 1. The van der Waals surface area contributed by atoms with Crippen molar-refractivity contribution in [2.45, 2.75) is 13.0 Å². The average molecular weight is 513 g/mol. The van der Waals surface area contributed by atoms with E-state index < -0.39 is 10.0 Å². The summed E-state index contributed by atoms with van der Waals surface area (Å²) in [6.07, 6.45) is 2.02. The number of likely N-dealkylation sites (N-methyl/N-ethyl adjacent to an activating group) is 1. The first-order valence-electron chi connectivity index (χ1n) is 10.8. The van der Waals surface area contributed by atoms with Crippen LogP contribution in [-0.2, 0) is 16.6 Å². The van der Waals surface area contributed by atoms with E-state index in [-0.39, 0.29) is 12.5 Å². The molecule has 1 aliphatic rings. The fourth-order valence-corrected chi connectivity index (χ4v) is 4.94. The molecule has 0 bridgehead atoms. The number of hydrogen-bond acceptors (Lipinski definition) is 5. The van der Waals surface area contributed by atoms with Gasteiger partial charge in [-0.2, -0.15) is 0 Å². The van der Waals surface area contributed by atoms with Gasteiger partial charge in [0.2, 0.25) is 10.0 Å². The Kier molecular flexibility index (Phi) is 9.01. The van der Waals surface area contributed by atoms with Crippen molar-refractivity contribution in [2.75, 3.05) is 56.9 Å². The fourth-order valence-electron chi connectivity index (χ4n) is 3.68. The van der Waals surface area contributed by atoms with Gasteiger partial charge < -0.3 is 15.1 Å². The minimum atomic E-state index is -3.59. The van der Waals surface area contributed by atoms with Crippen LogP contribution in [0.4, 0.5) is 5.69 Å². The Morgan fingerprint density at radius 2 is 1.73 bits per heavy atom. The molecule has 0 saturated carbocycles. The topological polar surface area (TPSA) is 73.0 Å². The fraction of sp³-hybridized carbons (Fsp3) is 0.435. The van der Waals surface area contributed by atoms with E-state index in [0.717, 1.165) is 45.4 Å². The van der Waals surface area contributed by atoms with E-state index in [1.54, 1.807) is 42.5 Å². The van der Waals surface area contributed by atoms with Gasteiger partial charge in [0.05, 0.1) is 28.5 Å². The average Bonchev–Trinajstić information content (AvgIpc) is 2.78. The number of rotatable bonds is 9. The Morgan fingerprint density at radius 3 is 2.36 bits per heavy atom. The Hall–Kier alpha value is -1.84. The number of amides is 1. The zero-order valence-electron chi connectivity index (χ0n) is 18.9. The first kappa shape index (κ1) is 25.8. The predicted octanol–water partition coefficient (Wildman–Crippen LogP) is 3.33. The smallest absolute Gasteiger partial charge is 0.251 e. The van der Waals surface area contributed by atoms with Crippen molar-refractivity contribution in [3.05, 3.63) is 63.6 Å². The van der Waals surface area contributed by atoms with Crippen molar-refractivity contribution < 1.29 is 13.2 Å². The van der Waals surface area contributed by atoms with Crippen LogP contribution in [0.3, 0.4) is 0 Å². The van der Waals surface area contributed by atoms with Crippen LogP contribution in [0, 0.1) is 0 Å². The zero-order chi connectivity index (χ0) is 24.0. The lowest BCUT2D eigenvalue weighted by Gasteiger charge is -2.32. The third kappa shape index (κ3) is 7.32. The molecule has 10 heteroatoms. The Balaban J connectivity index is 1.58. The van der Waals surface area contributed by atoms with Crippen molar-refractivity contribution in [3.8, 4) is 0 Å². The van der Waals surface area contributed by atoms with E-state index in [9.17, 15) is 13.2 Å². The minimum Gasteiger partial charge on any atom is -0.352 e. The second kappa shape index (κ2) is 11.5. The van der Waals surface area contributed by atoms with Crippen LogP contribution in [0.25, 0.3) is 0 Å². The number of anilines is 1. The summed E-state index contributed by atoms with van der Waals surface area (Å²) in [5.41, 5.74) is 1.52.